The van der Waals surface area contributed by atoms with Crippen LogP contribution < -0.4 is 21.7 Å². The minimum Gasteiger partial charge on any atom is -0.478 e. The van der Waals surface area contributed by atoms with Crippen molar-refractivity contribution in [2.24, 2.45) is 5.73 Å². The third kappa shape index (κ3) is 5.35. The zero-order valence-electron chi connectivity index (χ0n) is 9.84. The molecule has 19 heavy (non-hydrogen) atoms. The molecule has 1 aromatic rings. The van der Waals surface area contributed by atoms with Crippen molar-refractivity contribution in [3.63, 3.8) is 0 Å². The van der Waals surface area contributed by atoms with Gasteiger partial charge in [0.1, 0.15) is 0 Å². The number of aromatic carboxylic acids is 1. The highest BCUT2D eigenvalue weighted by Crippen LogP contribution is 2.07. The quantitative estimate of drug-likeness (QED) is 0.459. The van der Waals surface area contributed by atoms with E-state index in [0.29, 0.717) is 0 Å². The molecule has 0 unspecified atom stereocenters. The summed E-state index contributed by atoms with van der Waals surface area (Å²) in [5.74, 6) is -1.14. The smallest absolute Gasteiger partial charge is 0.337 e. The lowest BCUT2D eigenvalue weighted by atomic mass is 10.3. The van der Waals surface area contributed by atoms with Crippen molar-refractivity contribution in [2.75, 3.05) is 18.4 Å². The lowest BCUT2D eigenvalue weighted by Crippen LogP contribution is -2.38. The van der Waals surface area contributed by atoms with E-state index in [2.05, 4.69) is 20.9 Å². The van der Waals surface area contributed by atoms with Crippen LogP contribution in [0.15, 0.2) is 18.5 Å². The maximum atomic E-state index is 11.4. The Morgan fingerprint density at radius 3 is 2.53 bits per heavy atom. The monoisotopic (exact) mass is 267 g/mol. The van der Waals surface area contributed by atoms with Gasteiger partial charge in [-0.2, -0.15) is 0 Å². The van der Waals surface area contributed by atoms with Crippen LogP contribution in [0.3, 0.4) is 0 Å². The second-order valence-corrected chi connectivity index (χ2v) is 3.44. The number of rotatable bonds is 5. The molecular formula is C10H13N5O4. The van der Waals surface area contributed by atoms with Crippen LogP contribution in [0, 0.1) is 0 Å². The summed E-state index contributed by atoms with van der Waals surface area (Å²) in [6, 6.07) is 0.0486. The highest BCUT2D eigenvalue weighted by atomic mass is 16.4. The number of nitrogens with two attached hydrogens (primary N) is 1. The second-order valence-electron chi connectivity index (χ2n) is 3.44. The molecule has 0 aliphatic carbocycles. The highest BCUT2D eigenvalue weighted by molar-refractivity contribution is 5.92. The van der Waals surface area contributed by atoms with Gasteiger partial charge in [-0.25, -0.2) is 14.4 Å². The molecule has 9 heteroatoms. The number of pyridine rings is 1. The summed E-state index contributed by atoms with van der Waals surface area (Å²) < 4.78 is 0. The number of anilines is 1. The Hall–Kier alpha value is -2.84. The molecule has 0 saturated heterocycles. The first-order valence-corrected chi connectivity index (χ1v) is 5.25. The number of primary amides is 1. The highest BCUT2D eigenvalue weighted by Gasteiger charge is 2.06. The van der Waals surface area contributed by atoms with Gasteiger partial charge in [-0.3, -0.25) is 4.98 Å². The second kappa shape index (κ2) is 6.79. The Kier molecular flexibility index (Phi) is 5.08. The summed E-state index contributed by atoms with van der Waals surface area (Å²) in [6.07, 6.45) is 2.48. The number of amides is 4. The zero-order valence-corrected chi connectivity index (χ0v) is 9.84. The molecule has 102 valence electrons. The molecule has 0 atom stereocenters. The molecule has 9 nitrogen and oxygen atoms in total. The molecule has 0 aromatic carbocycles. The van der Waals surface area contributed by atoms with Gasteiger partial charge in [-0.15, -0.1) is 0 Å². The third-order valence-electron chi connectivity index (χ3n) is 1.95. The minimum absolute atomic E-state index is 0.0341. The topological polar surface area (TPSA) is 146 Å². The molecule has 0 aliphatic heterocycles. The SMILES string of the molecule is NC(=O)NCCNC(=O)Nc1cncc(C(=O)O)c1. The molecule has 6 N–H and O–H groups in total. The van der Waals surface area contributed by atoms with Crippen LogP contribution in [0.25, 0.3) is 0 Å². The van der Waals surface area contributed by atoms with Crippen molar-refractivity contribution in [1.29, 1.82) is 0 Å². The number of carboxylic acids is 1. The number of carbonyl (C=O) groups is 3. The Balaban J connectivity index is 2.42. The number of carbonyl (C=O) groups excluding carboxylic acids is 2. The van der Waals surface area contributed by atoms with E-state index in [4.69, 9.17) is 10.8 Å². The maximum absolute atomic E-state index is 11.4. The zero-order chi connectivity index (χ0) is 14.3. The number of hydrogen-bond donors (Lipinski definition) is 5. The van der Waals surface area contributed by atoms with E-state index < -0.39 is 18.0 Å². The summed E-state index contributed by atoms with van der Waals surface area (Å²) in [5, 5.41) is 15.9. The van der Waals surface area contributed by atoms with Crippen molar-refractivity contribution in [3.8, 4) is 0 Å². The van der Waals surface area contributed by atoms with Crippen molar-refractivity contribution in [3.05, 3.63) is 24.0 Å². The van der Waals surface area contributed by atoms with E-state index in [9.17, 15) is 14.4 Å². The van der Waals surface area contributed by atoms with E-state index in [1.807, 2.05) is 0 Å². The van der Waals surface area contributed by atoms with Crippen molar-refractivity contribution in [1.82, 2.24) is 15.6 Å². The van der Waals surface area contributed by atoms with Crippen LogP contribution in [-0.4, -0.2) is 41.2 Å². The van der Waals surface area contributed by atoms with Crippen LogP contribution in [0.1, 0.15) is 10.4 Å². The number of aromatic nitrogens is 1. The fourth-order valence-corrected chi connectivity index (χ4v) is 1.16. The number of urea groups is 2. The van der Waals surface area contributed by atoms with Gasteiger partial charge >= 0.3 is 18.0 Å². The number of nitrogens with zero attached hydrogens (tertiary/aromatic N) is 1. The van der Waals surface area contributed by atoms with Gasteiger partial charge in [0.25, 0.3) is 0 Å². The fraction of sp³-hybridized carbons (Fsp3) is 0.200. The molecule has 0 bridgehead atoms. The van der Waals surface area contributed by atoms with Crippen LogP contribution in [0.4, 0.5) is 15.3 Å². The normalized spacial score (nSPS) is 9.47. The molecule has 1 aromatic heterocycles. The minimum atomic E-state index is -1.14. The molecular weight excluding hydrogens is 254 g/mol. The Morgan fingerprint density at radius 1 is 1.21 bits per heavy atom. The Bertz CT molecular complexity index is 491. The summed E-state index contributed by atoms with van der Waals surface area (Å²) in [7, 11) is 0. The van der Waals surface area contributed by atoms with Crippen LogP contribution in [0.5, 0.6) is 0 Å². The van der Waals surface area contributed by atoms with E-state index in [-0.39, 0.29) is 24.3 Å². The van der Waals surface area contributed by atoms with E-state index in [0.717, 1.165) is 0 Å². The van der Waals surface area contributed by atoms with Crippen LogP contribution in [0.2, 0.25) is 0 Å². The van der Waals surface area contributed by atoms with Gasteiger partial charge in [0.05, 0.1) is 17.4 Å². The fourth-order valence-electron chi connectivity index (χ4n) is 1.16. The summed E-state index contributed by atoms with van der Waals surface area (Å²) in [6.45, 7) is 0.372. The summed E-state index contributed by atoms with van der Waals surface area (Å²) >= 11 is 0. The molecule has 1 rings (SSSR count). The number of nitrogens with one attached hydrogen (secondary N) is 3. The first kappa shape index (κ1) is 14.2. The van der Waals surface area contributed by atoms with E-state index in [1.165, 1.54) is 18.5 Å². The van der Waals surface area contributed by atoms with E-state index in [1.54, 1.807) is 0 Å². The molecule has 0 spiro atoms. The van der Waals surface area contributed by atoms with Gasteiger partial charge in [-0.05, 0) is 6.07 Å². The molecule has 4 amide bonds. The predicted octanol–water partition coefficient (Wildman–Crippen LogP) is -0.430. The van der Waals surface area contributed by atoms with Crippen molar-refractivity contribution in [2.45, 2.75) is 0 Å². The standard InChI is InChI=1S/C10H13N5O4/c11-9(18)13-1-2-14-10(19)15-7-3-6(8(16)17)4-12-5-7/h3-5H,1-2H2,(H,16,17)(H3,11,13,18)(H2,14,15,19). The van der Waals surface area contributed by atoms with Crippen LogP contribution in [-0.2, 0) is 0 Å². The third-order valence-corrected chi connectivity index (χ3v) is 1.95. The summed E-state index contributed by atoms with van der Waals surface area (Å²) in [5.41, 5.74) is 5.05. The van der Waals surface area contributed by atoms with Gasteiger partial charge < -0.3 is 26.8 Å². The molecule has 1 heterocycles. The van der Waals surface area contributed by atoms with Gasteiger partial charge in [-0.1, -0.05) is 0 Å². The van der Waals surface area contributed by atoms with Gasteiger partial charge in [0.2, 0.25) is 0 Å². The molecule has 0 saturated carbocycles. The van der Waals surface area contributed by atoms with Gasteiger partial charge in [0, 0.05) is 19.3 Å². The van der Waals surface area contributed by atoms with Gasteiger partial charge in [0.15, 0.2) is 0 Å². The average molecular weight is 267 g/mol. The average Bonchev–Trinajstić information content (AvgIpc) is 2.34. The first-order valence-electron chi connectivity index (χ1n) is 5.25. The molecule has 0 aliphatic rings. The number of hydrogen-bond acceptors (Lipinski definition) is 4. The predicted molar refractivity (Wildman–Crippen MR) is 65.8 cm³/mol. The molecule has 0 radical (unpaired) electrons. The Labute approximate surface area is 108 Å². The van der Waals surface area contributed by atoms with Crippen molar-refractivity contribution < 1.29 is 19.5 Å². The number of carboxylic acid groups (broad SMARTS) is 1. The first-order chi connectivity index (χ1) is 8.99. The largest absolute Gasteiger partial charge is 0.478 e. The lowest BCUT2D eigenvalue weighted by molar-refractivity contribution is 0.0696. The van der Waals surface area contributed by atoms with Crippen LogP contribution >= 0.6 is 0 Å². The maximum Gasteiger partial charge on any atom is 0.337 e. The summed E-state index contributed by atoms with van der Waals surface area (Å²) in [4.78, 5) is 36.1. The van der Waals surface area contributed by atoms with E-state index >= 15 is 0 Å². The molecule has 0 fully saturated rings. The Morgan fingerprint density at radius 2 is 1.89 bits per heavy atom. The van der Waals surface area contributed by atoms with Crippen molar-refractivity contribution >= 4 is 23.7 Å². The lowest BCUT2D eigenvalue weighted by Gasteiger charge is -2.07.